The maximum Gasteiger partial charge on any atom is 0.258 e. The van der Waals surface area contributed by atoms with Crippen LogP contribution in [0.25, 0.3) is 5.69 Å². The number of nitrogens with zero attached hydrogens (tertiary/aromatic N) is 4. The number of nitrogens with one attached hydrogen (secondary N) is 1. The molecule has 2 aromatic carbocycles. The highest BCUT2D eigenvalue weighted by Gasteiger charge is 2.13. The van der Waals surface area contributed by atoms with Crippen LogP contribution >= 0.6 is 11.6 Å². The van der Waals surface area contributed by atoms with Gasteiger partial charge in [-0.25, -0.2) is 9.07 Å². The molecule has 6 nitrogen and oxygen atoms in total. The van der Waals surface area contributed by atoms with Crippen LogP contribution < -0.4 is 5.32 Å². The molecule has 3 rings (SSSR count). The summed E-state index contributed by atoms with van der Waals surface area (Å²) in [4.78, 5) is 12.1. The zero-order valence-electron chi connectivity index (χ0n) is 11.1. The number of aromatic nitrogens is 4. The summed E-state index contributed by atoms with van der Waals surface area (Å²) in [6, 6.07) is 10.6. The van der Waals surface area contributed by atoms with E-state index in [1.165, 1.54) is 29.2 Å². The van der Waals surface area contributed by atoms with Crippen molar-refractivity contribution in [2.75, 3.05) is 5.32 Å². The van der Waals surface area contributed by atoms with Crippen LogP contribution in [0.3, 0.4) is 0 Å². The molecule has 1 amide bonds. The van der Waals surface area contributed by atoms with Crippen LogP contribution in [0.5, 0.6) is 0 Å². The van der Waals surface area contributed by atoms with Crippen molar-refractivity contribution in [2.45, 2.75) is 0 Å². The number of tetrazole rings is 1. The van der Waals surface area contributed by atoms with E-state index < -0.39 is 11.7 Å². The number of amides is 1. The Hall–Kier alpha value is -2.80. The van der Waals surface area contributed by atoms with Crippen molar-refractivity contribution in [1.82, 2.24) is 20.2 Å². The normalized spacial score (nSPS) is 10.5. The standard InChI is InChI=1S/C14H9ClFN5O/c15-11-6-5-9(21-8-17-19-20-21)7-13(11)18-14(22)10-3-1-2-4-12(10)16/h1-8H,(H,18,22). The zero-order chi connectivity index (χ0) is 15.5. The second-order valence-electron chi connectivity index (χ2n) is 4.35. The summed E-state index contributed by atoms with van der Waals surface area (Å²) in [5.74, 6) is -1.19. The van der Waals surface area contributed by atoms with Gasteiger partial charge in [0, 0.05) is 0 Å². The lowest BCUT2D eigenvalue weighted by Gasteiger charge is -2.09. The number of carbonyl (C=O) groups excluding carboxylic acids is 1. The number of carbonyl (C=O) groups is 1. The summed E-state index contributed by atoms with van der Waals surface area (Å²) in [5.41, 5.74) is 0.882. The molecule has 0 aliphatic rings. The summed E-state index contributed by atoms with van der Waals surface area (Å²) in [5, 5.41) is 13.7. The van der Waals surface area contributed by atoms with E-state index in [2.05, 4.69) is 20.8 Å². The first kappa shape index (κ1) is 14.2. The van der Waals surface area contributed by atoms with Gasteiger partial charge in [0.15, 0.2) is 0 Å². The first-order chi connectivity index (χ1) is 10.6. The smallest absolute Gasteiger partial charge is 0.258 e. The molecule has 22 heavy (non-hydrogen) atoms. The van der Waals surface area contributed by atoms with E-state index in [1.54, 1.807) is 24.3 Å². The number of rotatable bonds is 3. The molecule has 110 valence electrons. The minimum atomic E-state index is -0.604. The van der Waals surface area contributed by atoms with Crippen molar-refractivity contribution < 1.29 is 9.18 Å². The highest BCUT2D eigenvalue weighted by molar-refractivity contribution is 6.34. The Morgan fingerprint density at radius 3 is 2.77 bits per heavy atom. The molecule has 0 aliphatic carbocycles. The third kappa shape index (κ3) is 2.79. The highest BCUT2D eigenvalue weighted by Crippen LogP contribution is 2.25. The summed E-state index contributed by atoms with van der Waals surface area (Å²) in [6.07, 6.45) is 1.41. The summed E-state index contributed by atoms with van der Waals surface area (Å²) >= 11 is 6.06. The van der Waals surface area contributed by atoms with Crippen LogP contribution in [-0.2, 0) is 0 Å². The largest absolute Gasteiger partial charge is 0.320 e. The van der Waals surface area contributed by atoms with Crippen molar-refractivity contribution in [1.29, 1.82) is 0 Å². The van der Waals surface area contributed by atoms with Gasteiger partial charge in [-0.05, 0) is 40.8 Å². The Balaban J connectivity index is 1.91. The van der Waals surface area contributed by atoms with E-state index in [9.17, 15) is 9.18 Å². The van der Waals surface area contributed by atoms with Gasteiger partial charge in [-0.3, -0.25) is 4.79 Å². The summed E-state index contributed by atoms with van der Waals surface area (Å²) < 4.78 is 15.0. The second kappa shape index (κ2) is 5.90. The third-order valence-corrected chi connectivity index (χ3v) is 3.26. The minimum Gasteiger partial charge on any atom is -0.320 e. The Morgan fingerprint density at radius 1 is 1.23 bits per heavy atom. The number of benzene rings is 2. The molecule has 0 fully saturated rings. The molecule has 0 atom stereocenters. The fourth-order valence-corrected chi connectivity index (χ4v) is 2.03. The predicted molar refractivity (Wildman–Crippen MR) is 78.5 cm³/mol. The fraction of sp³-hybridized carbons (Fsp3) is 0. The van der Waals surface area contributed by atoms with Gasteiger partial charge in [0.2, 0.25) is 0 Å². The lowest BCUT2D eigenvalue weighted by atomic mass is 10.2. The SMILES string of the molecule is O=C(Nc1cc(-n2cnnn2)ccc1Cl)c1ccccc1F. The molecule has 0 unspecified atom stereocenters. The molecule has 1 heterocycles. The van der Waals surface area contributed by atoms with E-state index >= 15 is 0 Å². The van der Waals surface area contributed by atoms with Crippen LogP contribution in [0.15, 0.2) is 48.8 Å². The monoisotopic (exact) mass is 317 g/mol. The van der Waals surface area contributed by atoms with Gasteiger partial charge in [0.25, 0.3) is 5.91 Å². The topological polar surface area (TPSA) is 72.7 Å². The van der Waals surface area contributed by atoms with Crippen LogP contribution in [0.2, 0.25) is 5.02 Å². The Kier molecular flexibility index (Phi) is 3.80. The zero-order valence-corrected chi connectivity index (χ0v) is 11.8. The van der Waals surface area contributed by atoms with Crippen LogP contribution in [-0.4, -0.2) is 26.1 Å². The van der Waals surface area contributed by atoms with Gasteiger partial charge in [-0.2, -0.15) is 0 Å². The van der Waals surface area contributed by atoms with Crippen LogP contribution in [0, 0.1) is 5.82 Å². The number of hydrogen-bond acceptors (Lipinski definition) is 4. The van der Waals surface area contributed by atoms with E-state index in [4.69, 9.17) is 11.6 Å². The quantitative estimate of drug-likeness (QED) is 0.806. The Labute approximate surface area is 129 Å². The average Bonchev–Trinajstić information content (AvgIpc) is 3.04. The molecular weight excluding hydrogens is 309 g/mol. The highest BCUT2D eigenvalue weighted by atomic mass is 35.5. The van der Waals surface area contributed by atoms with Gasteiger partial charge < -0.3 is 5.32 Å². The van der Waals surface area contributed by atoms with Crippen molar-refractivity contribution in [3.63, 3.8) is 0 Å². The molecule has 0 aliphatic heterocycles. The van der Waals surface area contributed by atoms with Crippen LogP contribution in [0.1, 0.15) is 10.4 Å². The van der Waals surface area contributed by atoms with Crippen molar-refractivity contribution in [2.24, 2.45) is 0 Å². The Morgan fingerprint density at radius 2 is 2.05 bits per heavy atom. The molecule has 1 aromatic heterocycles. The van der Waals surface area contributed by atoms with Crippen molar-refractivity contribution in [3.05, 3.63) is 65.2 Å². The van der Waals surface area contributed by atoms with Gasteiger partial charge in [0.1, 0.15) is 12.1 Å². The van der Waals surface area contributed by atoms with Gasteiger partial charge >= 0.3 is 0 Å². The van der Waals surface area contributed by atoms with Gasteiger partial charge in [0.05, 0.1) is 22.0 Å². The van der Waals surface area contributed by atoms with E-state index in [-0.39, 0.29) is 5.56 Å². The van der Waals surface area contributed by atoms with Crippen molar-refractivity contribution in [3.8, 4) is 5.69 Å². The predicted octanol–water partition coefficient (Wildman–Crippen LogP) is 2.71. The third-order valence-electron chi connectivity index (χ3n) is 2.93. The molecule has 8 heteroatoms. The maximum atomic E-state index is 13.6. The molecule has 0 spiro atoms. The molecule has 0 radical (unpaired) electrons. The second-order valence-corrected chi connectivity index (χ2v) is 4.76. The first-order valence-corrected chi connectivity index (χ1v) is 6.62. The molecule has 0 bridgehead atoms. The van der Waals surface area contributed by atoms with Crippen molar-refractivity contribution >= 4 is 23.2 Å². The van der Waals surface area contributed by atoms with E-state index in [1.807, 2.05) is 0 Å². The number of halogens is 2. The van der Waals surface area contributed by atoms with E-state index in [0.29, 0.717) is 16.4 Å². The van der Waals surface area contributed by atoms with Crippen LogP contribution in [0.4, 0.5) is 10.1 Å². The minimum absolute atomic E-state index is 0.0635. The van der Waals surface area contributed by atoms with Gasteiger partial charge in [-0.15, -0.1) is 5.10 Å². The Bertz CT molecular complexity index is 822. The average molecular weight is 318 g/mol. The number of hydrogen-bond donors (Lipinski definition) is 1. The van der Waals surface area contributed by atoms with Gasteiger partial charge in [-0.1, -0.05) is 23.7 Å². The first-order valence-electron chi connectivity index (χ1n) is 6.24. The summed E-state index contributed by atoms with van der Waals surface area (Å²) in [7, 11) is 0. The molecule has 3 aromatic rings. The number of anilines is 1. The molecule has 1 N–H and O–H groups in total. The lowest BCUT2D eigenvalue weighted by molar-refractivity contribution is 0.102. The molecule has 0 saturated heterocycles. The maximum absolute atomic E-state index is 13.6. The summed E-state index contributed by atoms with van der Waals surface area (Å²) in [6.45, 7) is 0. The van der Waals surface area contributed by atoms with E-state index in [0.717, 1.165) is 0 Å². The lowest BCUT2D eigenvalue weighted by Crippen LogP contribution is -2.14. The molecular formula is C14H9ClFN5O. The fourth-order valence-electron chi connectivity index (χ4n) is 1.87. The molecule has 0 saturated carbocycles.